The molecule has 0 aliphatic rings. The third-order valence-corrected chi connectivity index (χ3v) is 6.33. The Hall–Kier alpha value is -2.88. The number of furan rings is 1. The van der Waals surface area contributed by atoms with Crippen LogP contribution < -0.4 is 0 Å². The van der Waals surface area contributed by atoms with Crippen LogP contribution in [0.2, 0.25) is 5.02 Å². The minimum atomic E-state index is 0.679. The summed E-state index contributed by atoms with van der Waals surface area (Å²) in [5.41, 5.74) is 3.84. The van der Waals surface area contributed by atoms with E-state index in [2.05, 4.69) is 42.5 Å². The summed E-state index contributed by atoms with van der Waals surface area (Å²) in [5.74, 6) is 0. The van der Waals surface area contributed by atoms with Crippen LogP contribution in [0.3, 0.4) is 0 Å². The van der Waals surface area contributed by atoms with E-state index < -0.39 is 0 Å². The van der Waals surface area contributed by atoms with E-state index in [9.17, 15) is 0 Å². The molecule has 27 heavy (non-hydrogen) atoms. The highest BCUT2D eigenvalue weighted by molar-refractivity contribution is 7.22. The molecule has 0 fully saturated rings. The molecule has 0 bridgehead atoms. The summed E-state index contributed by atoms with van der Waals surface area (Å²) < 4.78 is 7.17. The highest BCUT2D eigenvalue weighted by atomic mass is 35.5. The van der Waals surface area contributed by atoms with Crippen LogP contribution in [-0.2, 0) is 0 Å². The lowest BCUT2D eigenvalue weighted by Gasteiger charge is -2.02. The lowest BCUT2D eigenvalue weighted by Crippen LogP contribution is -1.79. The number of nitrogens with zero attached hydrogens (tertiary/aromatic N) is 1. The van der Waals surface area contributed by atoms with Crippen LogP contribution >= 0.6 is 22.9 Å². The Balaban J connectivity index is 1.70. The van der Waals surface area contributed by atoms with Gasteiger partial charge in [-0.25, -0.2) is 4.98 Å². The maximum Gasteiger partial charge on any atom is 0.137 e. The van der Waals surface area contributed by atoms with Crippen LogP contribution in [0.25, 0.3) is 53.5 Å². The lowest BCUT2D eigenvalue weighted by atomic mass is 10.1. The van der Waals surface area contributed by atoms with Gasteiger partial charge in [-0.15, -0.1) is 11.3 Å². The molecule has 2 nitrogen and oxygen atoms in total. The molecule has 6 rings (SSSR count). The van der Waals surface area contributed by atoms with Crippen molar-refractivity contribution in [1.82, 2.24) is 4.98 Å². The normalized spacial score (nSPS) is 11.9. The van der Waals surface area contributed by atoms with Gasteiger partial charge in [0.15, 0.2) is 0 Å². The van der Waals surface area contributed by atoms with Crippen LogP contribution in [0, 0.1) is 0 Å². The molecular formula is C23H12ClNOS. The standard InChI is InChI=1S/C23H12ClNOS/c24-14-8-9-17-20(12-14)26-19-11-10-18-22(21(17)19)27-23(25-18)16-7-3-5-13-4-1-2-6-15(13)16/h1-12H. The molecule has 4 heteroatoms. The molecule has 0 saturated carbocycles. The molecule has 0 N–H and O–H groups in total. The Kier molecular flexibility index (Phi) is 3.13. The van der Waals surface area contributed by atoms with Crippen LogP contribution in [0.4, 0.5) is 0 Å². The van der Waals surface area contributed by atoms with Crippen molar-refractivity contribution < 1.29 is 4.42 Å². The monoisotopic (exact) mass is 385 g/mol. The summed E-state index contributed by atoms with van der Waals surface area (Å²) in [6.45, 7) is 0. The number of hydrogen-bond acceptors (Lipinski definition) is 3. The molecule has 0 radical (unpaired) electrons. The lowest BCUT2D eigenvalue weighted by molar-refractivity contribution is 0.669. The Morgan fingerprint density at radius 3 is 2.67 bits per heavy atom. The van der Waals surface area contributed by atoms with Crippen LogP contribution in [0.1, 0.15) is 0 Å². The van der Waals surface area contributed by atoms with E-state index >= 15 is 0 Å². The highest BCUT2D eigenvalue weighted by Gasteiger charge is 2.16. The molecule has 0 aliphatic heterocycles. The van der Waals surface area contributed by atoms with Crippen LogP contribution in [-0.4, -0.2) is 4.98 Å². The predicted molar refractivity (Wildman–Crippen MR) is 115 cm³/mol. The van der Waals surface area contributed by atoms with Crippen molar-refractivity contribution >= 4 is 65.9 Å². The van der Waals surface area contributed by atoms with Crippen molar-refractivity contribution in [2.45, 2.75) is 0 Å². The highest BCUT2D eigenvalue weighted by Crippen LogP contribution is 2.41. The van der Waals surface area contributed by atoms with Gasteiger partial charge in [-0.3, -0.25) is 0 Å². The van der Waals surface area contributed by atoms with E-state index in [1.165, 1.54) is 16.3 Å². The van der Waals surface area contributed by atoms with Crippen LogP contribution in [0.5, 0.6) is 0 Å². The number of hydrogen-bond donors (Lipinski definition) is 0. The molecule has 6 aromatic rings. The number of thiazole rings is 1. The zero-order valence-electron chi connectivity index (χ0n) is 14.1. The average Bonchev–Trinajstić information content (AvgIpc) is 3.27. The molecule has 0 spiro atoms. The Labute approximate surface area is 163 Å². The van der Waals surface area contributed by atoms with E-state index in [1.807, 2.05) is 30.3 Å². The molecule has 2 heterocycles. The van der Waals surface area contributed by atoms with Crippen LogP contribution in [0.15, 0.2) is 77.2 Å². The molecule has 2 aromatic heterocycles. The zero-order valence-corrected chi connectivity index (χ0v) is 15.6. The number of aromatic nitrogens is 1. The summed E-state index contributed by atoms with van der Waals surface area (Å²) in [5, 5.41) is 6.34. The first-order valence-electron chi connectivity index (χ1n) is 8.67. The number of rotatable bonds is 1. The smallest absolute Gasteiger partial charge is 0.137 e. The summed E-state index contributed by atoms with van der Waals surface area (Å²) >= 11 is 7.85. The SMILES string of the molecule is Clc1ccc2c(c1)oc1ccc3nc(-c4cccc5ccccc45)sc3c12. The van der Waals surface area contributed by atoms with Gasteiger partial charge in [-0.1, -0.05) is 54.1 Å². The third kappa shape index (κ3) is 2.22. The second-order valence-electron chi connectivity index (χ2n) is 6.58. The fourth-order valence-electron chi connectivity index (χ4n) is 3.75. The van der Waals surface area contributed by atoms with Gasteiger partial charge in [0.25, 0.3) is 0 Å². The van der Waals surface area contributed by atoms with Crippen molar-refractivity contribution in [3.8, 4) is 10.6 Å². The minimum absolute atomic E-state index is 0.679. The van der Waals surface area contributed by atoms with Gasteiger partial charge in [0.05, 0.1) is 10.2 Å². The molecule has 0 saturated heterocycles. The first-order valence-corrected chi connectivity index (χ1v) is 9.87. The van der Waals surface area contributed by atoms with Gasteiger partial charge in [0.1, 0.15) is 16.2 Å². The maximum absolute atomic E-state index is 6.13. The molecular weight excluding hydrogens is 374 g/mol. The van der Waals surface area contributed by atoms with Crippen molar-refractivity contribution in [2.75, 3.05) is 0 Å². The van der Waals surface area contributed by atoms with Gasteiger partial charge in [-0.2, -0.15) is 0 Å². The molecule has 128 valence electrons. The molecule has 0 amide bonds. The molecule has 4 aromatic carbocycles. The minimum Gasteiger partial charge on any atom is -0.456 e. The second kappa shape index (κ2) is 5.56. The first kappa shape index (κ1) is 15.2. The zero-order chi connectivity index (χ0) is 18.0. The number of benzene rings is 4. The Morgan fingerprint density at radius 1 is 0.815 bits per heavy atom. The molecule has 0 unspecified atom stereocenters. The van der Waals surface area contributed by atoms with Crippen molar-refractivity contribution in [3.63, 3.8) is 0 Å². The van der Waals surface area contributed by atoms with E-state index in [0.29, 0.717) is 5.02 Å². The van der Waals surface area contributed by atoms with E-state index in [-0.39, 0.29) is 0 Å². The van der Waals surface area contributed by atoms with E-state index in [1.54, 1.807) is 11.3 Å². The van der Waals surface area contributed by atoms with E-state index in [0.717, 1.165) is 37.2 Å². The largest absolute Gasteiger partial charge is 0.456 e. The summed E-state index contributed by atoms with van der Waals surface area (Å²) in [6.07, 6.45) is 0. The van der Waals surface area contributed by atoms with Crippen molar-refractivity contribution in [1.29, 1.82) is 0 Å². The van der Waals surface area contributed by atoms with Gasteiger partial charge in [-0.05, 0) is 35.0 Å². The van der Waals surface area contributed by atoms with Gasteiger partial charge in [0.2, 0.25) is 0 Å². The number of halogens is 1. The Bertz CT molecular complexity index is 1490. The third-order valence-electron chi connectivity index (χ3n) is 4.97. The predicted octanol–water partition coefficient (Wildman–Crippen LogP) is 7.67. The van der Waals surface area contributed by atoms with Crippen molar-refractivity contribution in [3.05, 3.63) is 77.8 Å². The maximum atomic E-state index is 6.13. The summed E-state index contributed by atoms with van der Waals surface area (Å²) in [7, 11) is 0. The average molecular weight is 386 g/mol. The summed E-state index contributed by atoms with van der Waals surface area (Å²) in [4.78, 5) is 4.94. The van der Waals surface area contributed by atoms with Crippen molar-refractivity contribution in [2.24, 2.45) is 0 Å². The van der Waals surface area contributed by atoms with Gasteiger partial charge < -0.3 is 4.42 Å². The summed E-state index contributed by atoms with van der Waals surface area (Å²) in [6, 6.07) is 24.6. The molecule has 0 atom stereocenters. The topological polar surface area (TPSA) is 26.0 Å². The Morgan fingerprint density at radius 2 is 1.70 bits per heavy atom. The van der Waals surface area contributed by atoms with E-state index in [4.69, 9.17) is 21.0 Å². The fourth-order valence-corrected chi connectivity index (χ4v) is 5.06. The molecule has 0 aliphatic carbocycles. The number of fused-ring (bicyclic) bond motifs is 6. The van der Waals surface area contributed by atoms with Gasteiger partial charge in [0, 0.05) is 27.4 Å². The fraction of sp³-hybridized carbons (Fsp3) is 0. The van der Waals surface area contributed by atoms with Gasteiger partial charge >= 0.3 is 0 Å². The quantitative estimate of drug-likeness (QED) is 0.290. The first-order chi connectivity index (χ1) is 13.3. The second-order valence-corrected chi connectivity index (χ2v) is 8.01.